The molecule has 8 heteroatoms. The Balaban J connectivity index is 1.87. The minimum absolute atomic E-state index is 0.183. The SMILES string of the molecule is COC(=O)c1cc(OCc2ccccc2)nc(-c2ccc(OC(F)(F)F)cc2)c1. The van der Waals surface area contributed by atoms with E-state index in [1.165, 1.54) is 43.5 Å². The second kappa shape index (κ2) is 8.64. The molecule has 1 heterocycles. The number of halogens is 3. The number of nitrogens with zero attached hydrogens (tertiary/aromatic N) is 1. The number of pyridine rings is 1. The first-order valence-electron chi connectivity index (χ1n) is 8.47. The number of rotatable bonds is 6. The van der Waals surface area contributed by atoms with Gasteiger partial charge in [0.1, 0.15) is 12.4 Å². The van der Waals surface area contributed by atoms with Crippen molar-refractivity contribution >= 4 is 5.97 Å². The van der Waals surface area contributed by atoms with E-state index in [1.54, 1.807) is 0 Å². The van der Waals surface area contributed by atoms with Crippen LogP contribution < -0.4 is 9.47 Å². The first-order chi connectivity index (χ1) is 13.8. The van der Waals surface area contributed by atoms with Gasteiger partial charge >= 0.3 is 12.3 Å². The van der Waals surface area contributed by atoms with Gasteiger partial charge < -0.3 is 14.2 Å². The number of methoxy groups -OCH3 is 1. The van der Waals surface area contributed by atoms with E-state index in [9.17, 15) is 18.0 Å². The highest BCUT2D eigenvalue weighted by atomic mass is 19.4. The average molecular weight is 403 g/mol. The number of carbonyl (C=O) groups is 1. The van der Waals surface area contributed by atoms with Gasteiger partial charge in [0.2, 0.25) is 5.88 Å². The molecule has 0 amide bonds. The van der Waals surface area contributed by atoms with Gasteiger partial charge in [-0.15, -0.1) is 13.2 Å². The van der Waals surface area contributed by atoms with E-state index >= 15 is 0 Å². The van der Waals surface area contributed by atoms with Crippen LogP contribution in [0.2, 0.25) is 0 Å². The van der Waals surface area contributed by atoms with Gasteiger partial charge in [-0.3, -0.25) is 0 Å². The number of carbonyl (C=O) groups excluding carboxylic acids is 1. The van der Waals surface area contributed by atoms with E-state index in [-0.39, 0.29) is 23.8 Å². The molecule has 0 saturated carbocycles. The van der Waals surface area contributed by atoms with Crippen LogP contribution in [-0.4, -0.2) is 24.4 Å². The predicted octanol–water partition coefficient (Wildman–Crippen LogP) is 5.01. The maximum absolute atomic E-state index is 12.3. The lowest BCUT2D eigenvalue weighted by atomic mass is 10.1. The molecule has 2 aromatic carbocycles. The van der Waals surface area contributed by atoms with Gasteiger partial charge in [0, 0.05) is 11.6 Å². The van der Waals surface area contributed by atoms with Crippen LogP contribution in [0.15, 0.2) is 66.7 Å². The molecule has 0 atom stereocenters. The van der Waals surface area contributed by atoms with Crippen LogP contribution in [0.3, 0.4) is 0 Å². The number of aromatic nitrogens is 1. The van der Waals surface area contributed by atoms with E-state index in [4.69, 9.17) is 9.47 Å². The standard InChI is InChI=1S/C21H16F3NO4/c1-27-20(26)16-11-18(15-7-9-17(10-8-15)29-21(22,23)24)25-19(12-16)28-13-14-5-3-2-4-6-14/h2-12H,13H2,1H3. The van der Waals surface area contributed by atoms with Crippen LogP contribution in [0.5, 0.6) is 11.6 Å². The summed E-state index contributed by atoms with van der Waals surface area (Å²) >= 11 is 0. The van der Waals surface area contributed by atoms with E-state index in [2.05, 4.69) is 9.72 Å². The molecular weight excluding hydrogens is 387 g/mol. The summed E-state index contributed by atoms with van der Waals surface area (Å²) in [5.41, 5.74) is 1.94. The second-order valence-electron chi connectivity index (χ2n) is 5.92. The third-order valence-corrected chi connectivity index (χ3v) is 3.84. The third-order valence-electron chi connectivity index (χ3n) is 3.84. The Kier molecular flexibility index (Phi) is 6.01. The number of esters is 1. The molecule has 0 saturated heterocycles. The lowest BCUT2D eigenvalue weighted by Crippen LogP contribution is -2.16. The number of ether oxygens (including phenoxy) is 3. The third kappa shape index (κ3) is 5.71. The van der Waals surface area contributed by atoms with Gasteiger partial charge in [-0.25, -0.2) is 9.78 Å². The van der Waals surface area contributed by atoms with Crippen molar-refractivity contribution in [3.8, 4) is 22.9 Å². The molecular formula is C21H16F3NO4. The van der Waals surface area contributed by atoms with Gasteiger partial charge in [-0.2, -0.15) is 0 Å². The summed E-state index contributed by atoms with van der Waals surface area (Å²) in [6, 6.07) is 17.4. The minimum Gasteiger partial charge on any atom is -0.473 e. The van der Waals surface area contributed by atoms with Crippen molar-refractivity contribution in [3.63, 3.8) is 0 Å². The summed E-state index contributed by atoms with van der Waals surface area (Å²) in [6.45, 7) is 0.232. The van der Waals surface area contributed by atoms with Crippen LogP contribution in [0.1, 0.15) is 15.9 Å². The minimum atomic E-state index is -4.77. The molecule has 0 spiro atoms. The summed E-state index contributed by atoms with van der Waals surface area (Å²) in [5.74, 6) is -0.761. The summed E-state index contributed by atoms with van der Waals surface area (Å²) < 4.78 is 51.3. The van der Waals surface area contributed by atoms with Crippen LogP contribution in [0.25, 0.3) is 11.3 Å². The van der Waals surface area contributed by atoms with Gasteiger partial charge in [0.15, 0.2) is 0 Å². The van der Waals surface area contributed by atoms with Crippen molar-refractivity contribution < 1.29 is 32.2 Å². The quantitative estimate of drug-likeness (QED) is 0.542. The highest BCUT2D eigenvalue weighted by Crippen LogP contribution is 2.28. The molecule has 150 valence electrons. The molecule has 0 radical (unpaired) electrons. The zero-order valence-electron chi connectivity index (χ0n) is 15.3. The van der Waals surface area contributed by atoms with Gasteiger partial charge in [0.05, 0.1) is 18.4 Å². The summed E-state index contributed by atoms with van der Waals surface area (Å²) in [4.78, 5) is 16.3. The number of alkyl halides is 3. The monoisotopic (exact) mass is 403 g/mol. The average Bonchev–Trinajstić information content (AvgIpc) is 2.71. The van der Waals surface area contributed by atoms with E-state index in [1.807, 2.05) is 30.3 Å². The fourth-order valence-electron chi connectivity index (χ4n) is 2.52. The largest absolute Gasteiger partial charge is 0.573 e. The molecule has 0 fully saturated rings. The molecule has 0 aliphatic carbocycles. The molecule has 0 bridgehead atoms. The fraction of sp³-hybridized carbons (Fsp3) is 0.143. The van der Waals surface area contributed by atoms with Gasteiger partial charge in [0.25, 0.3) is 0 Å². The van der Waals surface area contributed by atoms with E-state index in [0.717, 1.165) is 5.56 Å². The van der Waals surface area contributed by atoms with E-state index < -0.39 is 12.3 Å². The molecule has 0 N–H and O–H groups in total. The van der Waals surface area contributed by atoms with Crippen molar-refractivity contribution in [2.45, 2.75) is 13.0 Å². The Labute approximate surface area is 164 Å². The molecule has 3 aromatic rings. The zero-order valence-corrected chi connectivity index (χ0v) is 15.3. The highest BCUT2D eigenvalue weighted by Gasteiger charge is 2.31. The number of hydrogen-bond donors (Lipinski definition) is 0. The lowest BCUT2D eigenvalue weighted by Gasteiger charge is -2.11. The molecule has 29 heavy (non-hydrogen) atoms. The fourth-order valence-corrected chi connectivity index (χ4v) is 2.52. The Morgan fingerprint density at radius 2 is 1.69 bits per heavy atom. The van der Waals surface area contributed by atoms with Crippen LogP contribution >= 0.6 is 0 Å². The van der Waals surface area contributed by atoms with Crippen LogP contribution in [0, 0.1) is 0 Å². The van der Waals surface area contributed by atoms with E-state index in [0.29, 0.717) is 11.3 Å². The van der Waals surface area contributed by atoms with Crippen molar-refractivity contribution in [2.24, 2.45) is 0 Å². The smallest absolute Gasteiger partial charge is 0.473 e. The molecule has 0 unspecified atom stereocenters. The topological polar surface area (TPSA) is 57.7 Å². The second-order valence-corrected chi connectivity index (χ2v) is 5.92. The number of hydrogen-bond acceptors (Lipinski definition) is 5. The Bertz CT molecular complexity index is 973. The highest BCUT2D eigenvalue weighted by molar-refractivity contribution is 5.91. The normalized spacial score (nSPS) is 11.0. The van der Waals surface area contributed by atoms with Crippen molar-refractivity contribution in [1.82, 2.24) is 4.98 Å². The first-order valence-corrected chi connectivity index (χ1v) is 8.47. The van der Waals surface area contributed by atoms with Gasteiger partial charge in [-0.05, 0) is 35.9 Å². The zero-order chi connectivity index (χ0) is 20.9. The predicted molar refractivity (Wildman–Crippen MR) is 98.5 cm³/mol. The van der Waals surface area contributed by atoms with Gasteiger partial charge in [-0.1, -0.05) is 30.3 Å². The van der Waals surface area contributed by atoms with Crippen molar-refractivity contribution in [1.29, 1.82) is 0 Å². The maximum Gasteiger partial charge on any atom is 0.573 e. The Morgan fingerprint density at radius 3 is 2.31 bits per heavy atom. The van der Waals surface area contributed by atoms with Crippen LogP contribution in [-0.2, 0) is 11.3 Å². The molecule has 1 aromatic heterocycles. The molecule has 0 aliphatic rings. The summed E-state index contributed by atoms with van der Waals surface area (Å²) in [7, 11) is 1.25. The Morgan fingerprint density at radius 1 is 1.00 bits per heavy atom. The summed E-state index contributed by atoms with van der Waals surface area (Å²) in [6.07, 6.45) is -4.77. The Hall–Kier alpha value is -3.55. The molecule has 5 nitrogen and oxygen atoms in total. The van der Waals surface area contributed by atoms with Crippen molar-refractivity contribution in [3.05, 3.63) is 77.9 Å². The van der Waals surface area contributed by atoms with Crippen molar-refractivity contribution in [2.75, 3.05) is 7.11 Å². The molecule has 3 rings (SSSR count). The summed E-state index contributed by atoms with van der Waals surface area (Å²) in [5, 5.41) is 0. The van der Waals surface area contributed by atoms with Crippen LogP contribution in [0.4, 0.5) is 13.2 Å². The number of benzene rings is 2. The lowest BCUT2D eigenvalue weighted by molar-refractivity contribution is -0.274. The maximum atomic E-state index is 12.3. The first kappa shape index (κ1) is 20.2. The molecule has 0 aliphatic heterocycles.